The van der Waals surface area contributed by atoms with Gasteiger partial charge in [0.05, 0.1) is 12.6 Å². The average Bonchev–Trinajstić information content (AvgIpc) is 2.68. The molecule has 5 nitrogen and oxygen atoms in total. The standard InChI is InChI=1S/C10H10N2O3/c13-12(14)10-5-4-9(15-10)8-11-6-2-1-3-7-11/h1-6H,7-8H2. The molecule has 0 aromatic carbocycles. The Morgan fingerprint density at radius 3 is 2.93 bits per heavy atom. The molecule has 0 unspecified atom stereocenters. The lowest BCUT2D eigenvalue weighted by Gasteiger charge is -2.18. The second-order valence-electron chi connectivity index (χ2n) is 3.20. The van der Waals surface area contributed by atoms with Crippen molar-refractivity contribution in [3.05, 3.63) is 52.4 Å². The molecule has 0 spiro atoms. The molecule has 1 aliphatic rings. The highest BCUT2D eigenvalue weighted by Crippen LogP contribution is 2.17. The number of nitrogens with zero attached hydrogens (tertiary/aromatic N) is 2. The van der Waals surface area contributed by atoms with E-state index in [4.69, 9.17) is 4.42 Å². The maximum absolute atomic E-state index is 10.4. The molecular weight excluding hydrogens is 196 g/mol. The fourth-order valence-corrected chi connectivity index (χ4v) is 1.37. The Morgan fingerprint density at radius 2 is 2.33 bits per heavy atom. The zero-order valence-corrected chi connectivity index (χ0v) is 8.00. The molecule has 0 N–H and O–H groups in total. The predicted octanol–water partition coefficient (Wildman–Crippen LogP) is 2.07. The summed E-state index contributed by atoms with van der Waals surface area (Å²) in [7, 11) is 0. The van der Waals surface area contributed by atoms with Gasteiger partial charge in [0.1, 0.15) is 10.7 Å². The highest BCUT2D eigenvalue weighted by molar-refractivity contribution is 5.18. The Hall–Kier alpha value is -2.04. The van der Waals surface area contributed by atoms with Gasteiger partial charge in [-0.3, -0.25) is 10.1 Å². The van der Waals surface area contributed by atoms with E-state index in [1.54, 1.807) is 6.07 Å². The first-order valence-corrected chi connectivity index (χ1v) is 4.56. The molecule has 1 aromatic rings. The lowest BCUT2D eigenvalue weighted by atomic mass is 10.3. The van der Waals surface area contributed by atoms with Crippen LogP contribution in [0.4, 0.5) is 5.88 Å². The van der Waals surface area contributed by atoms with Crippen LogP contribution >= 0.6 is 0 Å². The van der Waals surface area contributed by atoms with Crippen LogP contribution in [0.25, 0.3) is 0 Å². The van der Waals surface area contributed by atoms with Crippen LogP contribution in [0.3, 0.4) is 0 Å². The van der Waals surface area contributed by atoms with Gasteiger partial charge in [-0.15, -0.1) is 0 Å². The minimum absolute atomic E-state index is 0.207. The van der Waals surface area contributed by atoms with E-state index in [2.05, 4.69) is 0 Å². The van der Waals surface area contributed by atoms with Crippen molar-refractivity contribution in [2.45, 2.75) is 6.54 Å². The lowest BCUT2D eigenvalue weighted by Crippen LogP contribution is -2.17. The summed E-state index contributed by atoms with van der Waals surface area (Å²) in [5, 5.41) is 10.4. The van der Waals surface area contributed by atoms with Gasteiger partial charge < -0.3 is 9.32 Å². The third kappa shape index (κ3) is 2.25. The highest BCUT2D eigenvalue weighted by atomic mass is 16.6. The molecule has 1 aromatic heterocycles. The molecule has 0 amide bonds. The summed E-state index contributed by atoms with van der Waals surface area (Å²) >= 11 is 0. The van der Waals surface area contributed by atoms with Gasteiger partial charge in [-0.05, 0) is 18.3 Å². The first-order valence-electron chi connectivity index (χ1n) is 4.56. The number of furan rings is 1. The highest BCUT2D eigenvalue weighted by Gasteiger charge is 2.13. The fraction of sp³-hybridized carbons (Fsp3) is 0.200. The number of hydrogen-bond donors (Lipinski definition) is 0. The van der Waals surface area contributed by atoms with Crippen LogP contribution in [0.5, 0.6) is 0 Å². The predicted molar refractivity (Wildman–Crippen MR) is 54.1 cm³/mol. The summed E-state index contributed by atoms with van der Waals surface area (Å²) in [5.74, 6) is 0.392. The normalized spacial score (nSPS) is 14.5. The Bertz CT molecular complexity index is 420. The number of allylic oxidation sites excluding steroid dienone is 2. The summed E-state index contributed by atoms with van der Waals surface area (Å²) in [6, 6.07) is 3.00. The van der Waals surface area contributed by atoms with Gasteiger partial charge in [-0.25, -0.2) is 0 Å². The fourth-order valence-electron chi connectivity index (χ4n) is 1.37. The molecule has 5 heteroatoms. The SMILES string of the molecule is O=[N+]([O-])c1ccc(CN2C=CC=CC2)o1. The smallest absolute Gasteiger partial charge is 0.404 e. The van der Waals surface area contributed by atoms with Crippen molar-refractivity contribution in [1.29, 1.82) is 0 Å². The van der Waals surface area contributed by atoms with Crippen LogP contribution in [-0.2, 0) is 6.54 Å². The van der Waals surface area contributed by atoms with E-state index >= 15 is 0 Å². The third-order valence-corrected chi connectivity index (χ3v) is 2.07. The molecule has 1 aliphatic heterocycles. The largest absolute Gasteiger partial charge is 0.433 e. The van der Waals surface area contributed by atoms with Gasteiger partial charge >= 0.3 is 5.88 Å². The molecular formula is C10H10N2O3. The topological polar surface area (TPSA) is 59.5 Å². The Balaban J connectivity index is 2.01. The Kier molecular flexibility index (Phi) is 2.53. The van der Waals surface area contributed by atoms with Gasteiger partial charge in [0, 0.05) is 6.54 Å². The molecule has 2 rings (SSSR count). The van der Waals surface area contributed by atoms with E-state index < -0.39 is 4.92 Å². The molecule has 0 fully saturated rings. The van der Waals surface area contributed by atoms with Gasteiger partial charge in [0.15, 0.2) is 0 Å². The van der Waals surface area contributed by atoms with Gasteiger partial charge in [0.2, 0.25) is 0 Å². The third-order valence-electron chi connectivity index (χ3n) is 2.07. The zero-order chi connectivity index (χ0) is 10.7. The van der Waals surface area contributed by atoms with E-state index in [0.29, 0.717) is 12.3 Å². The van der Waals surface area contributed by atoms with Crippen molar-refractivity contribution in [2.24, 2.45) is 0 Å². The first kappa shape index (κ1) is 9.51. The Labute approximate surface area is 86.4 Å². The van der Waals surface area contributed by atoms with E-state index in [-0.39, 0.29) is 5.88 Å². The molecule has 0 radical (unpaired) electrons. The second kappa shape index (κ2) is 4.00. The Morgan fingerprint density at radius 1 is 1.47 bits per heavy atom. The monoisotopic (exact) mass is 206 g/mol. The van der Waals surface area contributed by atoms with Crippen LogP contribution in [0.1, 0.15) is 5.76 Å². The van der Waals surface area contributed by atoms with Crippen LogP contribution in [0.15, 0.2) is 41.0 Å². The van der Waals surface area contributed by atoms with E-state index in [1.807, 2.05) is 29.3 Å². The van der Waals surface area contributed by atoms with Crippen molar-refractivity contribution in [1.82, 2.24) is 4.90 Å². The van der Waals surface area contributed by atoms with Crippen LogP contribution in [0.2, 0.25) is 0 Å². The van der Waals surface area contributed by atoms with E-state index in [1.165, 1.54) is 6.07 Å². The van der Waals surface area contributed by atoms with E-state index in [9.17, 15) is 10.1 Å². The van der Waals surface area contributed by atoms with Crippen molar-refractivity contribution in [3.8, 4) is 0 Å². The summed E-state index contributed by atoms with van der Waals surface area (Å²) < 4.78 is 5.05. The van der Waals surface area contributed by atoms with Crippen LogP contribution < -0.4 is 0 Å². The molecule has 78 valence electrons. The summed E-state index contributed by atoms with van der Waals surface area (Å²) in [5.41, 5.74) is 0. The summed E-state index contributed by atoms with van der Waals surface area (Å²) in [6.07, 6.45) is 7.81. The zero-order valence-electron chi connectivity index (χ0n) is 8.00. The molecule has 0 aliphatic carbocycles. The van der Waals surface area contributed by atoms with Crippen molar-refractivity contribution in [2.75, 3.05) is 6.54 Å². The van der Waals surface area contributed by atoms with Crippen molar-refractivity contribution >= 4 is 5.88 Å². The summed E-state index contributed by atoms with van der Waals surface area (Å²) in [4.78, 5) is 11.8. The minimum atomic E-state index is -0.532. The maximum atomic E-state index is 10.4. The molecule has 2 heterocycles. The van der Waals surface area contributed by atoms with Crippen LogP contribution in [-0.4, -0.2) is 16.4 Å². The molecule has 0 saturated carbocycles. The van der Waals surface area contributed by atoms with E-state index in [0.717, 1.165) is 6.54 Å². The van der Waals surface area contributed by atoms with Crippen molar-refractivity contribution in [3.63, 3.8) is 0 Å². The minimum Gasteiger partial charge on any atom is -0.404 e. The average molecular weight is 206 g/mol. The number of nitro groups is 1. The first-order chi connectivity index (χ1) is 7.25. The maximum Gasteiger partial charge on any atom is 0.433 e. The molecule has 0 bridgehead atoms. The van der Waals surface area contributed by atoms with Crippen molar-refractivity contribution < 1.29 is 9.34 Å². The lowest BCUT2D eigenvalue weighted by molar-refractivity contribution is -0.402. The second-order valence-corrected chi connectivity index (χ2v) is 3.20. The van der Waals surface area contributed by atoms with Gasteiger partial charge in [-0.2, -0.15) is 0 Å². The van der Waals surface area contributed by atoms with Gasteiger partial charge in [0.25, 0.3) is 0 Å². The van der Waals surface area contributed by atoms with Gasteiger partial charge in [-0.1, -0.05) is 12.2 Å². The number of rotatable bonds is 3. The number of hydrogen-bond acceptors (Lipinski definition) is 4. The molecule has 15 heavy (non-hydrogen) atoms. The van der Waals surface area contributed by atoms with Crippen LogP contribution in [0, 0.1) is 10.1 Å². The molecule has 0 atom stereocenters. The molecule has 0 saturated heterocycles. The quantitative estimate of drug-likeness (QED) is 0.561. The summed E-state index contributed by atoms with van der Waals surface area (Å²) in [6.45, 7) is 1.35.